The second-order valence-corrected chi connectivity index (χ2v) is 17.0. The summed E-state index contributed by atoms with van der Waals surface area (Å²) in [7, 11) is 0. The number of carbonyl (C=O) groups is 3. The van der Waals surface area contributed by atoms with Crippen LogP contribution in [0.4, 0.5) is 0 Å². The molecule has 2 aliphatic heterocycles. The highest BCUT2D eigenvalue weighted by molar-refractivity contribution is 6.01. The molecule has 2 saturated heterocycles. The fourth-order valence-electron chi connectivity index (χ4n) is 8.23. The van der Waals surface area contributed by atoms with Crippen molar-refractivity contribution in [1.82, 2.24) is 50.8 Å². The number of aromatic nitrogens is 7. The third-order valence-electron chi connectivity index (χ3n) is 11.7. The van der Waals surface area contributed by atoms with Gasteiger partial charge in [-0.25, -0.2) is 4.98 Å². The maximum absolute atomic E-state index is 12.9. The number of nitrogens with zero attached hydrogens (tertiary/aromatic N) is 7. The number of hydrogen-bond acceptors (Lipinski definition) is 11. The van der Waals surface area contributed by atoms with E-state index in [1.54, 1.807) is 0 Å². The van der Waals surface area contributed by atoms with E-state index in [-0.39, 0.29) is 40.9 Å². The third-order valence-corrected chi connectivity index (χ3v) is 11.7. The van der Waals surface area contributed by atoms with Gasteiger partial charge in [-0.2, -0.15) is 10.1 Å². The predicted octanol–water partition coefficient (Wildman–Crippen LogP) is 6.81. The van der Waals surface area contributed by atoms with Crippen molar-refractivity contribution in [3.05, 3.63) is 106 Å². The Labute approximate surface area is 343 Å². The van der Waals surface area contributed by atoms with Gasteiger partial charge < -0.3 is 14.7 Å². The summed E-state index contributed by atoms with van der Waals surface area (Å²) in [4.78, 5) is 57.9. The monoisotopic (exact) mass is 794 g/mol. The molecule has 0 bridgehead atoms. The summed E-state index contributed by atoms with van der Waals surface area (Å²) in [6, 6.07) is 14.3. The lowest BCUT2D eigenvalue weighted by molar-refractivity contribution is -0.134. The van der Waals surface area contributed by atoms with Crippen molar-refractivity contribution in [1.29, 1.82) is 0 Å². The van der Waals surface area contributed by atoms with Gasteiger partial charge in [0.2, 0.25) is 17.7 Å². The minimum Gasteiger partial charge on any atom is -0.343 e. The van der Waals surface area contributed by atoms with Crippen LogP contribution in [-0.2, 0) is 21.4 Å². The molecule has 0 radical (unpaired) electrons. The lowest BCUT2D eigenvalue weighted by atomic mass is 9.88. The quantitative estimate of drug-likeness (QED) is 0.124. The molecular weight excluding hydrogens is 745 g/mol. The Morgan fingerprint density at radius 1 is 0.949 bits per heavy atom. The van der Waals surface area contributed by atoms with Gasteiger partial charge >= 0.3 is 0 Å². The van der Waals surface area contributed by atoms with Gasteiger partial charge in [0.1, 0.15) is 0 Å². The van der Waals surface area contributed by atoms with Gasteiger partial charge in [-0.3, -0.25) is 34.8 Å². The molecule has 14 nitrogen and oxygen atoms in total. The molecule has 2 atom stereocenters. The molecule has 5 aromatic heterocycles. The maximum Gasteiger partial charge on any atom is 0.293 e. The van der Waals surface area contributed by atoms with Crippen LogP contribution in [0.25, 0.3) is 33.5 Å². The van der Waals surface area contributed by atoms with Crippen molar-refractivity contribution in [2.24, 2.45) is 0 Å². The van der Waals surface area contributed by atoms with Gasteiger partial charge in [0.05, 0.1) is 23.3 Å². The van der Waals surface area contributed by atoms with Crippen LogP contribution in [0.3, 0.4) is 0 Å². The molecule has 2 fully saturated rings. The number of carbonyl (C=O) groups excluding carboxylic acids is 3. The number of rotatable bonds is 10. The van der Waals surface area contributed by atoms with Crippen LogP contribution < -0.4 is 10.6 Å². The van der Waals surface area contributed by atoms with E-state index in [9.17, 15) is 14.4 Å². The van der Waals surface area contributed by atoms with Crippen molar-refractivity contribution in [3.63, 3.8) is 0 Å². The van der Waals surface area contributed by atoms with Crippen LogP contribution in [0.15, 0.2) is 65.6 Å². The first-order valence-corrected chi connectivity index (χ1v) is 20.4. The lowest BCUT2D eigenvalue weighted by Gasteiger charge is -2.32. The third kappa shape index (κ3) is 8.54. The Morgan fingerprint density at radius 3 is 2.46 bits per heavy atom. The zero-order valence-corrected chi connectivity index (χ0v) is 34.4. The Morgan fingerprint density at radius 2 is 1.76 bits per heavy atom. The van der Waals surface area contributed by atoms with Gasteiger partial charge in [0.15, 0.2) is 5.65 Å². The lowest BCUT2D eigenvalue weighted by Crippen LogP contribution is -2.39. The number of aryl methyl sites for hydroxylation is 2. The number of piperidine rings is 2. The van der Waals surface area contributed by atoms with Crippen molar-refractivity contribution in [2.75, 3.05) is 19.6 Å². The first-order valence-electron chi connectivity index (χ1n) is 20.4. The minimum atomic E-state index is -0.389. The Kier molecular flexibility index (Phi) is 10.9. The normalized spacial score (nSPS) is 17.3. The van der Waals surface area contributed by atoms with E-state index >= 15 is 0 Å². The number of benzene rings is 1. The fraction of sp³-hybridized carbons (Fsp3) is 0.400. The number of aromatic amines is 1. The molecule has 59 heavy (non-hydrogen) atoms. The van der Waals surface area contributed by atoms with Gasteiger partial charge in [-0.15, -0.1) is 0 Å². The molecule has 3 amide bonds. The molecule has 1 aromatic carbocycles. The SMILES string of the molecule is Cc1cc(-c2[nH]nc3ncc(-c4ccc(C5CCN(CCc6cc(C)c(C7CCC(=O)NC7=O)cn6)CC5)cn4)cc23)ccc1C(C)NC(=O)c1noc(C(C)(C)C)n1. The van der Waals surface area contributed by atoms with E-state index < -0.39 is 0 Å². The summed E-state index contributed by atoms with van der Waals surface area (Å²) < 4.78 is 5.31. The average molecular weight is 795 g/mol. The number of H-pyrrole nitrogens is 1. The molecule has 304 valence electrons. The minimum absolute atomic E-state index is 0.0172. The van der Waals surface area contributed by atoms with Gasteiger partial charge in [0.25, 0.3) is 11.7 Å². The molecule has 14 heteroatoms. The molecule has 3 N–H and O–H groups in total. The second-order valence-electron chi connectivity index (χ2n) is 17.0. The highest BCUT2D eigenvalue weighted by atomic mass is 16.5. The Balaban J connectivity index is 0.870. The molecular formula is C45H50N10O4. The zero-order chi connectivity index (χ0) is 41.4. The second kappa shape index (κ2) is 16.2. The summed E-state index contributed by atoms with van der Waals surface area (Å²) in [6.07, 6.45) is 9.52. The van der Waals surface area contributed by atoms with E-state index in [0.29, 0.717) is 30.3 Å². The largest absolute Gasteiger partial charge is 0.343 e. The molecule has 8 rings (SSSR count). The topological polar surface area (TPSA) is 185 Å². The molecule has 7 heterocycles. The number of nitrogens with one attached hydrogen (secondary N) is 3. The van der Waals surface area contributed by atoms with E-state index in [1.807, 2.05) is 72.3 Å². The Bertz CT molecular complexity index is 2530. The molecule has 0 spiro atoms. The summed E-state index contributed by atoms with van der Waals surface area (Å²) in [5.41, 5.74) is 10.1. The standard InChI is InChI=1S/C45H50N10O4/c1-25-19-29(7-9-33(25)27(3)49-43(58)41-51-44(59-54-41)45(4,5)6)39-35-21-31(23-48-40(35)53-52-39)37-11-8-30(22-47-37)28-13-16-55(17-14-28)18-15-32-20-26(2)36(24-46-32)34-10-12-38(56)50-42(34)57/h7-9,11,19-24,27-28,34H,10,12-18H2,1-6H3,(H,49,58)(H,48,52,53)(H,50,56,57). The fourth-order valence-corrected chi connectivity index (χ4v) is 8.23. The molecule has 2 aliphatic rings. The van der Waals surface area contributed by atoms with Crippen LogP contribution in [0.2, 0.25) is 0 Å². The molecule has 6 aromatic rings. The number of fused-ring (bicyclic) bond motifs is 1. The maximum atomic E-state index is 12.9. The van der Waals surface area contributed by atoms with Crippen LogP contribution in [0.5, 0.6) is 0 Å². The van der Waals surface area contributed by atoms with E-state index in [1.165, 1.54) is 5.56 Å². The van der Waals surface area contributed by atoms with E-state index in [4.69, 9.17) is 9.51 Å². The van der Waals surface area contributed by atoms with E-state index in [0.717, 1.165) is 94.7 Å². The average Bonchev–Trinajstić information content (AvgIpc) is 3.90. The van der Waals surface area contributed by atoms with Gasteiger partial charge in [0, 0.05) is 65.6 Å². The number of pyridine rings is 3. The number of amides is 3. The highest BCUT2D eigenvalue weighted by Crippen LogP contribution is 2.33. The van der Waals surface area contributed by atoms with Crippen molar-refractivity contribution in [2.45, 2.75) is 96.9 Å². The van der Waals surface area contributed by atoms with Crippen LogP contribution in [-0.4, -0.2) is 77.5 Å². The Hall–Kier alpha value is -6.15. The van der Waals surface area contributed by atoms with Crippen LogP contribution in [0.1, 0.15) is 121 Å². The first-order chi connectivity index (χ1) is 28.3. The van der Waals surface area contributed by atoms with Crippen molar-refractivity contribution in [3.8, 4) is 22.5 Å². The number of imide groups is 1. The smallest absolute Gasteiger partial charge is 0.293 e. The van der Waals surface area contributed by atoms with Crippen molar-refractivity contribution < 1.29 is 18.9 Å². The van der Waals surface area contributed by atoms with E-state index in [2.05, 4.69) is 76.2 Å². The van der Waals surface area contributed by atoms with Crippen molar-refractivity contribution >= 4 is 28.8 Å². The molecule has 0 aliphatic carbocycles. The molecule has 2 unspecified atom stereocenters. The van der Waals surface area contributed by atoms with Crippen LogP contribution in [0, 0.1) is 13.8 Å². The van der Waals surface area contributed by atoms with Gasteiger partial charge in [-0.05, 0) is 111 Å². The first kappa shape index (κ1) is 39.7. The molecule has 0 saturated carbocycles. The number of hydrogen-bond donors (Lipinski definition) is 3. The predicted molar refractivity (Wildman–Crippen MR) is 222 cm³/mol. The summed E-state index contributed by atoms with van der Waals surface area (Å²) >= 11 is 0. The zero-order valence-electron chi connectivity index (χ0n) is 34.4. The summed E-state index contributed by atoms with van der Waals surface area (Å²) in [6.45, 7) is 14.8. The summed E-state index contributed by atoms with van der Waals surface area (Å²) in [5.74, 6) is -0.247. The van der Waals surface area contributed by atoms with Gasteiger partial charge in [-0.1, -0.05) is 44.1 Å². The number of likely N-dealkylation sites (tertiary alicyclic amines) is 1. The van der Waals surface area contributed by atoms with Crippen LogP contribution >= 0.6 is 0 Å². The summed E-state index contributed by atoms with van der Waals surface area (Å²) in [5, 5.41) is 17.9. The highest BCUT2D eigenvalue weighted by Gasteiger charge is 2.30.